The second-order valence-electron chi connectivity index (χ2n) is 3.30. The van der Waals surface area contributed by atoms with Gasteiger partial charge in [-0.05, 0) is 42.5 Å². The number of hydrogen-bond donors (Lipinski definition) is 1. The van der Waals surface area contributed by atoms with Crippen LogP contribution in [0.25, 0.3) is 0 Å². The molecule has 76 valence electrons. The van der Waals surface area contributed by atoms with Gasteiger partial charge in [0.15, 0.2) is 0 Å². The highest BCUT2D eigenvalue weighted by atomic mass is 19.1. The summed E-state index contributed by atoms with van der Waals surface area (Å²) in [5, 5.41) is 0. The molecule has 1 nitrogen and oxygen atoms in total. The molecule has 0 radical (unpaired) electrons. The van der Waals surface area contributed by atoms with Gasteiger partial charge in [0, 0.05) is 6.54 Å². The molecule has 0 heterocycles. The van der Waals surface area contributed by atoms with Crippen LogP contribution in [0, 0.1) is 5.82 Å². The van der Waals surface area contributed by atoms with Gasteiger partial charge in [-0.2, -0.15) is 0 Å². The molecule has 0 spiro atoms. The minimum Gasteiger partial charge on any atom is -0.326 e. The minimum absolute atomic E-state index is 0.184. The third kappa shape index (κ3) is 2.96. The van der Waals surface area contributed by atoms with Crippen molar-refractivity contribution in [1.29, 1.82) is 0 Å². The first-order chi connectivity index (χ1) is 6.77. The smallest absolute Gasteiger partial charge is 0.123 e. The van der Waals surface area contributed by atoms with Crippen molar-refractivity contribution in [2.75, 3.05) is 0 Å². The van der Waals surface area contributed by atoms with E-state index in [1.807, 2.05) is 6.08 Å². The van der Waals surface area contributed by atoms with E-state index in [0.717, 1.165) is 30.4 Å². The van der Waals surface area contributed by atoms with E-state index in [1.54, 1.807) is 12.1 Å². The predicted octanol–water partition coefficient (Wildman–Crippen LogP) is 2.79. The Labute approximate surface area is 84.4 Å². The van der Waals surface area contributed by atoms with E-state index in [-0.39, 0.29) is 5.82 Å². The van der Waals surface area contributed by atoms with Gasteiger partial charge in [-0.1, -0.05) is 12.1 Å². The molecular formula is C12H16FN. The van der Waals surface area contributed by atoms with E-state index >= 15 is 0 Å². The first kappa shape index (κ1) is 10.9. The molecule has 0 saturated carbocycles. The SMILES string of the molecule is C=CCCCc1cc(F)ccc1CN. The van der Waals surface area contributed by atoms with Gasteiger partial charge in [-0.25, -0.2) is 4.39 Å². The standard InChI is InChI=1S/C12H16FN/c1-2-3-4-5-10-8-12(13)7-6-11(10)9-14/h2,6-8H,1,3-5,9,14H2. The van der Waals surface area contributed by atoms with Gasteiger partial charge in [0.25, 0.3) is 0 Å². The summed E-state index contributed by atoms with van der Waals surface area (Å²) in [4.78, 5) is 0. The fourth-order valence-corrected chi connectivity index (χ4v) is 1.46. The lowest BCUT2D eigenvalue weighted by Crippen LogP contribution is -2.02. The van der Waals surface area contributed by atoms with Crippen molar-refractivity contribution in [3.8, 4) is 0 Å². The van der Waals surface area contributed by atoms with E-state index in [0.29, 0.717) is 6.54 Å². The molecule has 0 aliphatic heterocycles. The highest BCUT2D eigenvalue weighted by molar-refractivity contribution is 5.27. The summed E-state index contributed by atoms with van der Waals surface area (Å²) in [6.45, 7) is 4.13. The third-order valence-corrected chi connectivity index (χ3v) is 2.24. The van der Waals surface area contributed by atoms with Gasteiger partial charge < -0.3 is 5.73 Å². The van der Waals surface area contributed by atoms with Crippen molar-refractivity contribution in [3.63, 3.8) is 0 Å². The molecule has 14 heavy (non-hydrogen) atoms. The van der Waals surface area contributed by atoms with Crippen LogP contribution in [-0.2, 0) is 13.0 Å². The average molecular weight is 193 g/mol. The number of unbranched alkanes of at least 4 members (excludes halogenated alkanes) is 1. The summed E-state index contributed by atoms with van der Waals surface area (Å²) >= 11 is 0. The molecule has 0 bridgehead atoms. The Morgan fingerprint density at radius 2 is 2.14 bits per heavy atom. The Hall–Kier alpha value is -1.15. The lowest BCUT2D eigenvalue weighted by Gasteiger charge is -2.06. The number of benzene rings is 1. The van der Waals surface area contributed by atoms with Crippen LogP contribution >= 0.6 is 0 Å². The maximum absolute atomic E-state index is 12.9. The summed E-state index contributed by atoms with van der Waals surface area (Å²) in [5.41, 5.74) is 7.62. The molecule has 1 aromatic rings. The van der Waals surface area contributed by atoms with Crippen LogP contribution in [0.1, 0.15) is 24.0 Å². The summed E-state index contributed by atoms with van der Waals surface area (Å²) in [6.07, 6.45) is 4.71. The van der Waals surface area contributed by atoms with E-state index in [1.165, 1.54) is 6.07 Å². The van der Waals surface area contributed by atoms with Crippen LogP contribution < -0.4 is 5.73 Å². The summed E-state index contributed by atoms with van der Waals surface area (Å²) in [5.74, 6) is -0.184. The molecule has 2 N–H and O–H groups in total. The van der Waals surface area contributed by atoms with Crippen molar-refractivity contribution >= 4 is 0 Å². The molecule has 0 atom stereocenters. The van der Waals surface area contributed by atoms with Crippen LogP contribution in [0.5, 0.6) is 0 Å². The van der Waals surface area contributed by atoms with Crippen LogP contribution in [0.4, 0.5) is 4.39 Å². The predicted molar refractivity (Wildman–Crippen MR) is 57.4 cm³/mol. The average Bonchev–Trinajstić information content (AvgIpc) is 2.19. The van der Waals surface area contributed by atoms with E-state index in [2.05, 4.69) is 6.58 Å². The Morgan fingerprint density at radius 1 is 1.36 bits per heavy atom. The Morgan fingerprint density at radius 3 is 2.79 bits per heavy atom. The second-order valence-corrected chi connectivity index (χ2v) is 3.30. The van der Waals surface area contributed by atoms with Gasteiger partial charge in [0.2, 0.25) is 0 Å². The van der Waals surface area contributed by atoms with Gasteiger partial charge >= 0.3 is 0 Å². The maximum atomic E-state index is 12.9. The molecular weight excluding hydrogens is 177 g/mol. The summed E-state index contributed by atoms with van der Waals surface area (Å²) in [7, 11) is 0. The van der Waals surface area contributed by atoms with Crippen molar-refractivity contribution in [1.82, 2.24) is 0 Å². The zero-order valence-electron chi connectivity index (χ0n) is 8.30. The number of allylic oxidation sites excluding steroid dienone is 1. The number of aryl methyl sites for hydroxylation is 1. The molecule has 0 saturated heterocycles. The van der Waals surface area contributed by atoms with Gasteiger partial charge in [0.1, 0.15) is 5.82 Å². The van der Waals surface area contributed by atoms with Crippen LogP contribution in [0.2, 0.25) is 0 Å². The Kier molecular flexibility index (Phi) is 4.33. The molecule has 2 heteroatoms. The van der Waals surface area contributed by atoms with Crippen LogP contribution in [0.15, 0.2) is 30.9 Å². The van der Waals surface area contributed by atoms with Crippen LogP contribution in [-0.4, -0.2) is 0 Å². The minimum atomic E-state index is -0.184. The van der Waals surface area contributed by atoms with E-state index < -0.39 is 0 Å². The van der Waals surface area contributed by atoms with Crippen LogP contribution in [0.3, 0.4) is 0 Å². The summed E-state index contributed by atoms with van der Waals surface area (Å²) < 4.78 is 12.9. The summed E-state index contributed by atoms with van der Waals surface area (Å²) in [6, 6.07) is 4.79. The zero-order valence-corrected chi connectivity index (χ0v) is 8.30. The highest BCUT2D eigenvalue weighted by Crippen LogP contribution is 2.13. The third-order valence-electron chi connectivity index (χ3n) is 2.24. The molecule has 0 aliphatic carbocycles. The fourth-order valence-electron chi connectivity index (χ4n) is 1.46. The normalized spacial score (nSPS) is 10.1. The monoisotopic (exact) mass is 193 g/mol. The molecule has 0 fully saturated rings. The van der Waals surface area contributed by atoms with E-state index in [9.17, 15) is 4.39 Å². The molecule has 1 aromatic carbocycles. The topological polar surface area (TPSA) is 26.0 Å². The highest BCUT2D eigenvalue weighted by Gasteiger charge is 2.01. The molecule has 0 aromatic heterocycles. The van der Waals surface area contributed by atoms with Crippen molar-refractivity contribution < 1.29 is 4.39 Å². The molecule has 0 aliphatic rings. The van der Waals surface area contributed by atoms with Gasteiger partial charge in [-0.15, -0.1) is 6.58 Å². The van der Waals surface area contributed by atoms with Gasteiger partial charge in [-0.3, -0.25) is 0 Å². The lowest BCUT2D eigenvalue weighted by molar-refractivity contribution is 0.623. The van der Waals surface area contributed by atoms with Crippen molar-refractivity contribution in [2.24, 2.45) is 5.73 Å². The zero-order chi connectivity index (χ0) is 10.4. The fraction of sp³-hybridized carbons (Fsp3) is 0.333. The lowest BCUT2D eigenvalue weighted by atomic mass is 10.0. The molecule has 0 amide bonds. The first-order valence-corrected chi connectivity index (χ1v) is 4.86. The maximum Gasteiger partial charge on any atom is 0.123 e. The Bertz CT molecular complexity index is 307. The Balaban J connectivity index is 2.71. The number of hydrogen-bond acceptors (Lipinski definition) is 1. The second kappa shape index (κ2) is 5.55. The number of rotatable bonds is 5. The number of nitrogens with two attached hydrogens (primary N) is 1. The van der Waals surface area contributed by atoms with Crippen molar-refractivity contribution in [2.45, 2.75) is 25.8 Å². The molecule has 1 rings (SSSR count). The quantitative estimate of drug-likeness (QED) is 0.564. The number of halogens is 1. The van der Waals surface area contributed by atoms with Crippen molar-refractivity contribution in [3.05, 3.63) is 47.8 Å². The first-order valence-electron chi connectivity index (χ1n) is 4.86. The van der Waals surface area contributed by atoms with Gasteiger partial charge in [0.05, 0.1) is 0 Å². The largest absolute Gasteiger partial charge is 0.326 e. The van der Waals surface area contributed by atoms with E-state index in [4.69, 9.17) is 5.73 Å². The molecule has 0 unspecified atom stereocenters.